The molecule has 6 nitrogen and oxygen atoms in total. The molecular formula is C19H20FNO5S. The van der Waals surface area contributed by atoms with E-state index in [1.807, 2.05) is 0 Å². The lowest BCUT2D eigenvalue weighted by molar-refractivity contribution is 0.171. The monoisotopic (exact) mass is 393 g/mol. The lowest BCUT2D eigenvalue weighted by Crippen LogP contribution is -2.25. The molecule has 27 heavy (non-hydrogen) atoms. The topological polar surface area (TPSA) is 83.9 Å². The van der Waals surface area contributed by atoms with Gasteiger partial charge in [0.2, 0.25) is 9.84 Å². The number of halogens is 1. The first kappa shape index (κ1) is 20.4. The Hall–Kier alpha value is -2.87. The number of amides is 1. The van der Waals surface area contributed by atoms with Gasteiger partial charge in [-0.25, -0.2) is 17.6 Å². The van der Waals surface area contributed by atoms with Crippen molar-refractivity contribution in [2.45, 2.75) is 18.7 Å². The molecule has 0 saturated heterocycles. The van der Waals surface area contributed by atoms with Gasteiger partial charge in [-0.05, 0) is 61.4 Å². The van der Waals surface area contributed by atoms with Gasteiger partial charge in [0.05, 0.1) is 10.3 Å². The Morgan fingerprint density at radius 2 is 1.63 bits per heavy atom. The molecule has 2 rings (SSSR count). The molecule has 0 aliphatic heterocycles. The summed E-state index contributed by atoms with van der Waals surface area (Å²) in [6, 6.07) is 7.32. The number of rotatable bonds is 4. The van der Waals surface area contributed by atoms with Gasteiger partial charge in [-0.3, -0.25) is 0 Å². The van der Waals surface area contributed by atoms with Gasteiger partial charge < -0.3 is 14.7 Å². The number of hydrogen-bond acceptors (Lipinski definition) is 5. The van der Waals surface area contributed by atoms with Crippen LogP contribution < -0.4 is 4.74 Å². The van der Waals surface area contributed by atoms with E-state index in [4.69, 9.17) is 4.74 Å². The fourth-order valence-electron chi connectivity index (χ4n) is 2.35. The summed E-state index contributed by atoms with van der Waals surface area (Å²) in [5.41, 5.74) is 1.36. The summed E-state index contributed by atoms with van der Waals surface area (Å²) >= 11 is 0. The van der Waals surface area contributed by atoms with Crippen LogP contribution in [-0.4, -0.2) is 38.6 Å². The number of carbonyl (C=O) groups is 1. The predicted octanol–water partition coefficient (Wildman–Crippen LogP) is 3.83. The molecular weight excluding hydrogens is 373 g/mol. The Morgan fingerprint density at radius 3 is 2.11 bits per heavy atom. The maximum Gasteiger partial charge on any atom is 0.414 e. The molecule has 8 heteroatoms. The van der Waals surface area contributed by atoms with E-state index in [0.717, 1.165) is 24.3 Å². The molecule has 2 aromatic rings. The van der Waals surface area contributed by atoms with E-state index in [9.17, 15) is 22.7 Å². The number of nitrogens with zero attached hydrogens (tertiary/aromatic N) is 1. The van der Waals surface area contributed by atoms with Gasteiger partial charge in [0.25, 0.3) is 0 Å². The van der Waals surface area contributed by atoms with Crippen molar-refractivity contribution in [1.82, 2.24) is 4.90 Å². The molecule has 0 bridgehead atoms. The van der Waals surface area contributed by atoms with Crippen molar-refractivity contribution in [2.24, 2.45) is 0 Å². The number of aryl methyl sites for hydroxylation is 2. The van der Waals surface area contributed by atoms with Gasteiger partial charge in [-0.15, -0.1) is 0 Å². The Labute approximate surface area is 157 Å². The van der Waals surface area contributed by atoms with Crippen LogP contribution in [0, 0.1) is 19.7 Å². The quantitative estimate of drug-likeness (QED) is 0.630. The van der Waals surface area contributed by atoms with Crippen LogP contribution in [0.1, 0.15) is 16.7 Å². The maximum absolute atomic E-state index is 13.0. The van der Waals surface area contributed by atoms with E-state index < -0.39 is 27.5 Å². The van der Waals surface area contributed by atoms with Gasteiger partial charge in [0.15, 0.2) is 0 Å². The Bertz CT molecular complexity index is 972. The van der Waals surface area contributed by atoms with E-state index in [-0.39, 0.29) is 10.5 Å². The molecule has 0 spiro atoms. The second kappa shape index (κ2) is 7.79. The van der Waals surface area contributed by atoms with Crippen LogP contribution >= 0.6 is 0 Å². The van der Waals surface area contributed by atoms with E-state index >= 15 is 0 Å². The zero-order valence-electron chi connectivity index (χ0n) is 15.4. The van der Waals surface area contributed by atoms with Crippen molar-refractivity contribution >= 4 is 21.7 Å². The zero-order valence-corrected chi connectivity index (χ0v) is 16.2. The van der Waals surface area contributed by atoms with Crippen LogP contribution in [0.15, 0.2) is 46.7 Å². The highest BCUT2D eigenvalue weighted by molar-refractivity contribution is 7.94. The summed E-state index contributed by atoms with van der Waals surface area (Å²) in [5.74, 6) is -0.695. The average molecular weight is 393 g/mol. The van der Waals surface area contributed by atoms with Crippen LogP contribution in [0.2, 0.25) is 0 Å². The standard InChI is InChI=1S/C19H20FNO5S/c1-12-9-14(10-13(2)18(12)26-19(23)21(3)4)17(22)11-27(24,25)16-7-5-15(20)6-8-16/h5-11,22H,1-4H3. The van der Waals surface area contributed by atoms with Crippen LogP contribution in [0.4, 0.5) is 9.18 Å². The molecule has 0 heterocycles. The van der Waals surface area contributed by atoms with Crippen molar-refractivity contribution < 1.29 is 27.4 Å². The molecule has 0 aliphatic rings. The number of aliphatic hydroxyl groups excluding tert-OH is 1. The highest BCUT2D eigenvalue weighted by atomic mass is 32.2. The van der Waals surface area contributed by atoms with Gasteiger partial charge in [0.1, 0.15) is 17.3 Å². The van der Waals surface area contributed by atoms with Gasteiger partial charge in [-0.2, -0.15) is 0 Å². The van der Waals surface area contributed by atoms with Gasteiger partial charge >= 0.3 is 6.09 Å². The van der Waals surface area contributed by atoms with E-state index in [2.05, 4.69) is 0 Å². The molecule has 2 aromatic carbocycles. The molecule has 0 fully saturated rings. The molecule has 1 amide bonds. The smallest absolute Gasteiger partial charge is 0.414 e. The SMILES string of the molecule is Cc1cc(C(O)=CS(=O)(=O)c2ccc(F)cc2)cc(C)c1OC(=O)N(C)C. The summed E-state index contributed by atoms with van der Waals surface area (Å²) in [7, 11) is -0.858. The predicted molar refractivity (Wildman–Crippen MR) is 99.8 cm³/mol. The Balaban J connectivity index is 2.38. The normalized spacial score (nSPS) is 12.0. The third kappa shape index (κ3) is 4.85. The third-order valence-electron chi connectivity index (χ3n) is 3.72. The highest BCUT2D eigenvalue weighted by Crippen LogP contribution is 2.28. The van der Waals surface area contributed by atoms with Crippen molar-refractivity contribution in [3.05, 3.63) is 64.3 Å². The van der Waals surface area contributed by atoms with Crippen molar-refractivity contribution in [2.75, 3.05) is 14.1 Å². The van der Waals surface area contributed by atoms with Crippen LogP contribution in [0.5, 0.6) is 5.75 Å². The number of benzene rings is 2. The number of ether oxygens (including phenoxy) is 1. The largest absolute Gasteiger partial charge is 0.507 e. The highest BCUT2D eigenvalue weighted by Gasteiger charge is 2.17. The minimum Gasteiger partial charge on any atom is -0.507 e. The first-order valence-electron chi connectivity index (χ1n) is 7.93. The fourth-order valence-corrected chi connectivity index (χ4v) is 3.43. The summed E-state index contributed by atoms with van der Waals surface area (Å²) in [6.07, 6.45) is -0.549. The lowest BCUT2D eigenvalue weighted by atomic mass is 10.0. The first-order chi connectivity index (χ1) is 12.5. The molecule has 0 unspecified atom stereocenters. The molecule has 0 saturated carbocycles. The van der Waals surface area contributed by atoms with E-state index in [0.29, 0.717) is 22.3 Å². The number of sulfone groups is 1. The average Bonchev–Trinajstić information content (AvgIpc) is 2.57. The van der Waals surface area contributed by atoms with Gasteiger partial charge in [-0.1, -0.05) is 0 Å². The number of hydrogen-bond donors (Lipinski definition) is 1. The molecule has 0 atom stereocenters. The molecule has 144 valence electrons. The number of carbonyl (C=O) groups excluding carboxylic acids is 1. The summed E-state index contributed by atoms with van der Waals surface area (Å²) in [5, 5.41) is 11.0. The summed E-state index contributed by atoms with van der Waals surface area (Å²) in [6.45, 7) is 3.35. The van der Waals surface area contributed by atoms with Crippen molar-refractivity contribution in [3.8, 4) is 5.75 Å². The van der Waals surface area contributed by atoms with Crippen molar-refractivity contribution in [3.63, 3.8) is 0 Å². The second-order valence-electron chi connectivity index (χ2n) is 6.20. The lowest BCUT2D eigenvalue weighted by Gasteiger charge is -2.15. The second-order valence-corrected chi connectivity index (χ2v) is 8.00. The molecule has 0 aliphatic carbocycles. The molecule has 0 aromatic heterocycles. The fraction of sp³-hybridized carbons (Fsp3) is 0.211. The van der Waals surface area contributed by atoms with E-state index in [1.165, 1.54) is 17.0 Å². The third-order valence-corrected chi connectivity index (χ3v) is 5.18. The minimum absolute atomic E-state index is 0.138. The Kier molecular flexibility index (Phi) is 5.90. The van der Waals surface area contributed by atoms with E-state index in [1.54, 1.807) is 27.9 Å². The molecule has 0 radical (unpaired) electrons. The minimum atomic E-state index is -3.96. The van der Waals surface area contributed by atoms with Crippen LogP contribution in [0.3, 0.4) is 0 Å². The van der Waals surface area contributed by atoms with Crippen LogP contribution in [-0.2, 0) is 9.84 Å². The molecule has 1 N–H and O–H groups in total. The van der Waals surface area contributed by atoms with Crippen LogP contribution in [0.25, 0.3) is 5.76 Å². The Morgan fingerprint density at radius 1 is 1.11 bits per heavy atom. The van der Waals surface area contributed by atoms with Gasteiger partial charge in [0, 0.05) is 19.7 Å². The maximum atomic E-state index is 13.0. The number of aliphatic hydroxyl groups is 1. The summed E-state index contributed by atoms with van der Waals surface area (Å²) in [4.78, 5) is 12.9. The van der Waals surface area contributed by atoms with Crippen molar-refractivity contribution in [1.29, 1.82) is 0 Å². The first-order valence-corrected chi connectivity index (χ1v) is 9.48. The zero-order chi connectivity index (χ0) is 20.4. The summed E-state index contributed by atoms with van der Waals surface area (Å²) < 4.78 is 43.0.